The van der Waals surface area contributed by atoms with Crippen molar-refractivity contribution >= 4 is 0 Å². The number of aromatic amines is 1. The molecular formula is C11H21N. The lowest BCUT2D eigenvalue weighted by molar-refractivity contribution is 0.773. The van der Waals surface area contributed by atoms with Crippen LogP contribution in [0.4, 0.5) is 0 Å². The van der Waals surface area contributed by atoms with Crippen LogP contribution in [0.3, 0.4) is 0 Å². The molecule has 0 amide bonds. The van der Waals surface area contributed by atoms with E-state index in [1.807, 2.05) is 0 Å². The molecule has 1 aromatic heterocycles. The molecule has 0 saturated heterocycles. The number of H-pyrrole nitrogens is 1. The standard InChI is InChI=1S/C11H19N.H2/c1-7(2)10-6-9(5)12-11(10)8(3)4;/h6-8,12H,1-5H3;1H. The maximum Gasteiger partial charge on any atom is 0.0210 e. The van der Waals surface area contributed by atoms with Gasteiger partial charge in [0.25, 0.3) is 0 Å². The molecule has 0 saturated carbocycles. The Morgan fingerprint density at radius 1 is 1.17 bits per heavy atom. The molecule has 0 bridgehead atoms. The SMILES string of the molecule is Cc1cc(C(C)C)c(C(C)C)[nH]1.[HH]. The molecule has 1 aromatic rings. The van der Waals surface area contributed by atoms with E-state index in [9.17, 15) is 0 Å². The van der Waals surface area contributed by atoms with E-state index in [1.54, 1.807) is 0 Å². The summed E-state index contributed by atoms with van der Waals surface area (Å²) in [6, 6.07) is 2.26. The molecule has 1 heteroatoms. The molecule has 0 aliphatic carbocycles. The van der Waals surface area contributed by atoms with E-state index < -0.39 is 0 Å². The summed E-state index contributed by atoms with van der Waals surface area (Å²) in [6.07, 6.45) is 0. The second-order valence-electron chi connectivity index (χ2n) is 4.13. The van der Waals surface area contributed by atoms with Crippen molar-refractivity contribution in [3.05, 3.63) is 23.0 Å². The minimum absolute atomic E-state index is 0. The molecule has 0 aliphatic heterocycles. The molecular weight excluding hydrogens is 146 g/mol. The first-order valence-corrected chi connectivity index (χ1v) is 4.71. The third-order valence-electron chi connectivity index (χ3n) is 2.21. The summed E-state index contributed by atoms with van der Waals surface area (Å²) >= 11 is 0. The van der Waals surface area contributed by atoms with E-state index in [2.05, 4.69) is 45.7 Å². The van der Waals surface area contributed by atoms with Crippen molar-refractivity contribution in [2.75, 3.05) is 0 Å². The van der Waals surface area contributed by atoms with Gasteiger partial charge in [-0.05, 0) is 30.4 Å². The Balaban J connectivity index is 0.00000144. The lowest BCUT2D eigenvalue weighted by Gasteiger charge is -2.09. The Kier molecular flexibility index (Phi) is 2.61. The molecule has 1 heterocycles. The zero-order valence-electron chi connectivity index (χ0n) is 8.73. The fourth-order valence-corrected chi connectivity index (χ4v) is 1.59. The number of aryl methyl sites for hydroxylation is 1. The van der Waals surface area contributed by atoms with Crippen molar-refractivity contribution in [1.29, 1.82) is 0 Å². The highest BCUT2D eigenvalue weighted by Gasteiger charge is 2.11. The third-order valence-corrected chi connectivity index (χ3v) is 2.21. The van der Waals surface area contributed by atoms with Gasteiger partial charge in [0.2, 0.25) is 0 Å². The van der Waals surface area contributed by atoms with Crippen molar-refractivity contribution in [1.82, 2.24) is 4.98 Å². The van der Waals surface area contributed by atoms with Gasteiger partial charge >= 0.3 is 0 Å². The topological polar surface area (TPSA) is 15.8 Å². The van der Waals surface area contributed by atoms with E-state index in [-0.39, 0.29) is 1.43 Å². The van der Waals surface area contributed by atoms with Gasteiger partial charge in [-0.3, -0.25) is 0 Å². The predicted octanol–water partition coefficient (Wildman–Crippen LogP) is 3.82. The third kappa shape index (κ3) is 1.71. The lowest BCUT2D eigenvalue weighted by Crippen LogP contribution is -1.95. The van der Waals surface area contributed by atoms with Gasteiger partial charge in [-0.1, -0.05) is 27.7 Å². The van der Waals surface area contributed by atoms with Gasteiger partial charge < -0.3 is 4.98 Å². The summed E-state index contributed by atoms with van der Waals surface area (Å²) in [6.45, 7) is 11.1. The highest BCUT2D eigenvalue weighted by molar-refractivity contribution is 5.30. The maximum atomic E-state index is 3.43. The van der Waals surface area contributed by atoms with Gasteiger partial charge in [-0.15, -0.1) is 0 Å². The smallest absolute Gasteiger partial charge is 0.0210 e. The van der Waals surface area contributed by atoms with E-state index in [4.69, 9.17) is 0 Å². The van der Waals surface area contributed by atoms with Gasteiger partial charge in [-0.25, -0.2) is 0 Å². The van der Waals surface area contributed by atoms with E-state index in [1.165, 1.54) is 17.0 Å². The zero-order chi connectivity index (χ0) is 9.30. The number of hydrogen-bond acceptors (Lipinski definition) is 0. The first-order chi connectivity index (χ1) is 5.52. The summed E-state index contributed by atoms with van der Waals surface area (Å²) < 4.78 is 0. The molecule has 0 aliphatic rings. The van der Waals surface area contributed by atoms with E-state index in [0.717, 1.165) is 0 Å². The molecule has 0 unspecified atom stereocenters. The maximum absolute atomic E-state index is 3.43. The number of hydrogen-bond donors (Lipinski definition) is 1. The van der Waals surface area contributed by atoms with Crippen LogP contribution >= 0.6 is 0 Å². The Morgan fingerprint density at radius 2 is 1.75 bits per heavy atom. The average molecular weight is 167 g/mol. The van der Waals surface area contributed by atoms with Crippen LogP contribution in [0.15, 0.2) is 6.07 Å². The summed E-state index contributed by atoms with van der Waals surface area (Å²) in [7, 11) is 0. The number of aromatic nitrogens is 1. The van der Waals surface area contributed by atoms with Crippen molar-refractivity contribution in [3.8, 4) is 0 Å². The zero-order valence-corrected chi connectivity index (χ0v) is 8.73. The van der Waals surface area contributed by atoms with Gasteiger partial charge in [0.1, 0.15) is 0 Å². The lowest BCUT2D eigenvalue weighted by atomic mass is 9.98. The van der Waals surface area contributed by atoms with E-state index >= 15 is 0 Å². The summed E-state index contributed by atoms with van der Waals surface area (Å²) in [5.74, 6) is 1.24. The molecule has 12 heavy (non-hydrogen) atoms. The highest BCUT2D eigenvalue weighted by atomic mass is 14.7. The van der Waals surface area contributed by atoms with Crippen LogP contribution in [0.1, 0.15) is 57.9 Å². The molecule has 0 fully saturated rings. The minimum atomic E-state index is 0. The van der Waals surface area contributed by atoms with E-state index in [0.29, 0.717) is 11.8 Å². The molecule has 1 nitrogen and oxygen atoms in total. The predicted molar refractivity (Wildman–Crippen MR) is 55.8 cm³/mol. The summed E-state index contributed by atoms with van der Waals surface area (Å²) in [4.78, 5) is 3.43. The first-order valence-electron chi connectivity index (χ1n) is 4.71. The normalized spacial score (nSPS) is 11.6. The highest BCUT2D eigenvalue weighted by Crippen LogP contribution is 2.25. The summed E-state index contributed by atoms with van der Waals surface area (Å²) in [5.41, 5.74) is 4.16. The first kappa shape index (κ1) is 9.37. The number of nitrogens with one attached hydrogen (secondary N) is 1. The molecule has 0 spiro atoms. The van der Waals surface area contributed by atoms with Crippen LogP contribution < -0.4 is 0 Å². The molecule has 1 N–H and O–H groups in total. The van der Waals surface area contributed by atoms with Crippen LogP contribution in [-0.2, 0) is 0 Å². The molecule has 0 aromatic carbocycles. The van der Waals surface area contributed by atoms with Gasteiger partial charge in [-0.2, -0.15) is 0 Å². The molecule has 0 atom stereocenters. The van der Waals surface area contributed by atoms with Crippen LogP contribution in [0.2, 0.25) is 0 Å². The number of rotatable bonds is 2. The van der Waals surface area contributed by atoms with Crippen molar-refractivity contribution in [2.45, 2.75) is 46.5 Å². The molecule has 70 valence electrons. The largest absolute Gasteiger partial charge is 0.362 e. The van der Waals surface area contributed by atoms with Crippen molar-refractivity contribution in [2.24, 2.45) is 0 Å². The Bertz CT molecular complexity index is 236. The summed E-state index contributed by atoms with van der Waals surface area (Å²) in [5, 5.41) is 0. The van der Waals surface area contributed by atoms with Crippen molar-refractivity contribution < 1.29 is 1.43 Å². The van der Waals surface area contributed by atoms with Crippen LogP contribution in [0.5, 0.6) is 0 Å². The van der Waals surface area contributed by atoms with Crippen LogP contribution in [0, 0.1) is 6.92 Å². The second-order valence-corrected chi connectivity index (χ2v) is 4.13. The van der Waals surface area contributed by atoms with Gasteiger partial charge in [0.15, 0.2) is 0 Å². The fourth-order valence-electron chi connectivity index (χ4n) is 1.59. The Morgan fingerprint density at radius 3 is 2.08 bits per heavy atom. The van der Waals surface area contributed by atoms with Crippen LogP contribution in [-0.4, -0.2) is 4.98 Å². The van der Waals surface area contributed by atoms with Crippen LogP contribution in [0.25, 0.3) is 0 Å². The Labute approximate surface area is 76.7 Å². The van der Waals surface area contributed by atoms with Gasteiger partial charge in [0.05, 0.1) is 0 Å². The Hall–Kier alpha value is -0.720. The second kappa shape index (κ2) is 3.34. The fraction of sp³-hybridized carbons (Fsp3) is 0.636. The van der Waals surface area contributed by atoms with Crippen molar-refractivity contribution in [3.63, 3.8) is 0 Å². The average Bonchev–Trinajstić information content (AvgIpc) is 2.31. The van der Waals surface area contributed by atoms with Gasteiger partial charge in [0, 0.05) is 12.8 Å². The minimum Gasteiger partial charge on any atom is -0.362 e. The quantitative estimate of drug-likeness (QED) is 0.689. The molecule has 0 radical (unpaired) electrons. The monoisotopic (exact) mass is 167 g/mol. The molecule has 1 rings (SSSR count).